The molecule has 2 heterocycles. The summed E-state index contributed by atoms with van der Waals surface area (Å²) in [5, 5.41) is 3.74. The van der Waals surface area contributed by atoms with Gasteiger partial charge < -0.3 is 15.1 Å². The molecule has 4 nitrogen and oxygen atoms in total. The summed E-state index contributed by atoms with van der Waals surface area (Å²) in [7, 11) is 0. The standard InChI is InChI=1S/C18H28N4/c1-3-7-21-11-16-18(22(12-21)8-4-2)20-17(19-16)15-10-13-5-6-14(15)9-13/h5-6,11,13-15,17,19H,3-4,7-10,12H2,1-2H3. The molecule has 4 rings (SSSR count). The predicted octanol–water partition coefficient (Wildman–Crippen LogP) is 2.76. The zero-order valence-electron chi connectivity index (χ0n) is 13.8. The van der Waals surface area contributed by atoms with Crippen LogP contribution in [0.2, 0.25) is 0 Å². The van der Waals surface area contributed by atoms with E-state index in [1.54, 1.807) is 0 Å². The van der Waals surface area contributed by atoms with Gasteiger partial charge in [-0.2, -0.15) is 0 Å². The lowest BCUT2D eigenvalue weighted by molar-refractivity contribution is 0.235. The number of nitrogens with one attached hydrogen (secondary N) is 1. The zero-order valence-corrected chi connectivity index (χ0v) is 13.8. The molecular formula is C18H28N4. The first-order chi connectivity index (χ1) is 10.8. The van der Waals surface area contributed by atoms with E-state index < -0.39 is 0 Å². The van der Waals surface area contributed by atoms with Gasteiger partial charge >= 0.3 is 0 Å². The van der Waals surface area contributed by atoms with Gasteiger partial charge in [-0.05, 0) is 37.5 Å². The van der Waals surface area contributed by atoms with Crippen molar-refractivity contribution in [2.24, 2.45) is 22.7 Å². The SMILES string of the molecule is CCCN1C=C2NC(C3CC4C=CC3C4)N=C2N(CCC)C1. The maximum absolute atomic E-state index is 5.11. The maximum Gasteiger partial charge on any atom is 0.152 e. The van der Waals surface area contributed by atoms with Crippen LogP contribution < -0.4 is 5.32 Å². The fourth-order valence-corrected chi connectivity index (χ4v) is 4.57. The lowest BCUT2D eigenvalue weighted by Gasteiger charge is -2.35. The van der Waals surface area contributed by atoms with Crippen molar-refractivity contribution in [3.8, 4) is 0 Å². The van der Waals surface area contributed by atoms with Crippen LogP contribution in [0.1, 0.15) is 39.5 Å². The average molecular weight is 300 g/mol. The second-order valence-corrected chi connectivity index (χ2v) is 7.25. The van der Waals surface area contributed by atoms with Crippen molar-refractivity contribution in [2.75, 3.05) is 19.8 Å². The van der Waals surface area contributed by atoms with Gasteiger partial charge in [0.2, 0.25) is 0 Å². The van der Waals surface area contributed by atoms with Gasteiger partial charge in [0.05, 0.1) is 12.4 Å². The minimum absolute atomic E-state index is 0.294. The third-order valence-corrected chi connectivity index (χ3v) is 5.51. The second-order valence-electron chi connectivity index (χ2n) is 7.25. The smallest absolute Gasteiger partial charge is 0.152 e. The fourth-order valence-electron chi connectivity index (χ4n) is 4.57. The van der Waals surface area contributed by atoms with Crippen molar-refractivity contribution < 1.29 is 0 Å². The number of aliphatic imine (C=N–C) groups is 1. The molecule has 0 aromatic rings. The van der Waals surface area contributed by atoms with E-state index >= 15 is 0 Å². The van der Waals surface area contributed by atoms with Gasteiger partial charge in [-0.15, -0.1) is 0 Å². The molecule has 0 saturated heterocycles. The average Bonchev–Trinajstić information content (AvgIpc) is 3.22. The number of amidine groups is 1. The molecule has 0 aromatic carbocycles. The maximum atomic E-state index is 5.11. The topological polar surface area (TPSA) is 30.9 Å². The first kappa shape index (κ1) is 14.2. The highest BCUT2D eigenvalue weighted by atomic mass is 15.4. The molecule has 0 aromatic heterocycles. The lowest BCUT2D eigenvalue weighted by atomic mass is 9.91. The second kappa shape index (κ2) is 5.64. The summed E-state index contributed by atoms with van der Waals surface area (Å²) in [4.78, 5) is 10.00. The summed E-state index contributed by atoms with van der Waals surface area (Å²) in [5.74, 6) is 3.47. The number of allylic oxidation sites excluding steroid dienone is 2. The highest BCUT2D eigenvalue weighted by molar-refractivity contribution is 6.00. The Morgan fingerprint density at radius 3 is 2.73 bits per heavy atom. The number of rotatable bonds is 5. The Bertz CT molecular complexity index is 521. The Balaban J connectivity index is 1.55. The van der Waals surface area contributed by atoms with Crippen molar-refractivity contribution in [2.45, 2.75) is 45.7 Å². The molecule has 0 radical (unpaired) electrons. The summed E-state index contributed by atoms with van der Waals surface area (Å²) in [6, 6.07) is 0. The molecular weight excluding hydrogens is 272 g/mol. The minimum atomic E-state index is 0.294. The Morgan fingerprint density at radius 1 is 1.18 bits per heavy atom. The molecule has 4 atom stereocenters. The summed E-state index contributed by atoms with van der Waals surface area (Å²) in [6.45, 7) is 7.72. The van der Waals surface area contributed by atoms with E-state index in [1.807, 2.05) is 0 Å². The number of hydrogen-bond acceptors (Lipinski definition) is 4. The minimum Gasteiger partial charge on any atom is -0.359 e. The van der Waals surface area contributed by atoms with Crippen LogP contribution in [-0.4, -0.2) is 41.6 Å². The molecule has 22 heavy (non-hydrogen) atoms. The lowest BCUT2D eigenvalue weighted by Crippen LogP contribution is -2.45. The molecule has 2 bridgehead atoms. The monoisotopic (exact) mass is 300 g/mol. The van der Waals surface area contributed by atoms with E-state index in [-0.39, 0.29) is 0 Å². The molecule has 2 aliphatic heterocycles. The van der Waals surface area contributed by atoms with E-state index in [4.69, 9.17) is 4.99 Å². The van der Waals surface area contributed by atoms with Gasteiger partial charge in [0.15, 0.2) is 5.84 Å². The molecule has 4 unspecified atom stereocenters. The quantitative estimate of drug-likeness (QED) is 0.792. The van der Waals surface area contributed by atoms with E-state index in [9.17, 15) is 0 Å². The first-order valence-electron chi connectivity index (χ1n) is 9.02. The van der Waals surface area contributed by atoms with Crippen LogP contribution in [0.4, 0.5) is 0 Å². The summed E-state index contributed by atoms with van der Waals surface area (Å²) in [6.07, 6.45) is 12.5. The molecule has 1 N–H and O–H groups in total. The normalized spacial score (nSPS) is 35.5. The molecule has 1 saturated carbocycles. The van der Waals surface area contributed by atoms with Crippen LogP contribution >= 0.6 is 0 Å². The molecule has 2 aliphatic carbocycles. The van der Waals surface area contributed by atoms with Crippen molar-refractivity contribution in [1.82, 2.24) is 15.1 Å². The molecule has 4 aliphatic rings. The van der Waals surface area contributed by atoms with Gasteiger partial charge in [-0.25, -0.2) is 4.99 Å². The van der Waals surface area contributed by atoms with Gasteiger partial charge in [0.25, 0.3) is 0 Å². The van der Waals surface area contributed by atoms with Crippen LogP contribution in [0.25, 0.3) is 0 Å². The van der Waals surface area contributed by atoms with Crippen LogP contribution in [0.3, 0.4) is 0 Å². The Labute approximate surface area is 134 Å². The third kappa shape index (κ3) is 2.33. The van der Waals surface area contributed by atoms with E-state index in [0.717, 1.165) is 31.6 Å². The van der Waals surface area contributed by atoms with E-state index in [0.29, 0.717) is 12.1 Å². The zero-order chi connectivity index (χ0) is 15.1. The van der Waals surface area contributed by atoms with Crippen LogP contribution in [0.5, 0.6) is 0 Å². The molecule has 1 fully saturated rings. The van der Waals surface area contributed by atoms with E-state index in [1.165, 1.54) is 37.2 Å². The van der Waals surface area contributed by atoms with Gasteiger partial charge in [0, 0.05) is 25.2 Å². The fraction of sp³-hybridized carbons (Fsp3) is 0.722. The first-order valence-corrected chi connectivity index (χ1v) is 9.02. The summed E-state index contributed by atoms with van der Waals surface area (Å²) >= 11 is 0. The number of hydrogen-bond donors (Lipinski definition) is 1. The number of fused-ring (bicyclic) bond motifs is 3. The predicted molar refractivity (Wildman–Crippen MR) is 90.1 cm³/mol. The summed E-state index contributed by atoms with van der Waals surface area (Å²) < 4.78 is 0. The largest absolute Gasteiger partial charge is 0.359 e. The van der Waals surface area contributed by atoms with Gasteiger partial charge in [0.1, 0.15) is 6.17 Å². The van der Waals surface area contributed by atoms with E-state index in [2.05, 4.69) is 47.3 Å². The van der Waals surface area contributed by atoms with Gasteiger partial charge in [-0.3, -0.25) is 0 Å². The van der Waals surface area contributed by atoms with Crippen LogP contribution in [-0.2, 0) is 0 Å². The van der Waals surface area contributed by atoms with Crippen molar-refractivity contribution in [1.29, 1.82) is 0 Å². The third-order valence-electron chi connectivity index (χ3n) is 5.51. The van der Waals surface area contributed by atoms with Crippen LogP contribution in [0, 0.1) is 17.8 Å². The highest BCUT2D eigenvalue weighted by Gasteiger charge is 2.43. The van der Waals surface area contributed by atoms with Crippen molar-refractivity contribution in [3.63, 3.8) is 0 Å². The molecule has 0 amide bonds. The Kier molecular flexibility index (Phi) is 3.63. The molecule has 4 heteroatoms. The number of nitrogens with zero attached hydrogens (tertiary/aromatic N) is 3. The van der Waals surface area contributed by atoms with Crippen molar-refractivity contribution >= 4 is 5.84 Å². The molecule has 0 spiro atoms. The Hall–Kier alpha value is -1.45. The van der Waals surface area contributed by atoms with Crippen molar-refractivity contribution in [3.05, 3.63) is 24.0 Å². The highest BCUT2D eigenvalue weighted by Crippen LogP contribution is 2.46. The van der Waals surface area contributed by atoms with Gasteiger partial charge in [-0.1, -0.05) is 26.0 Å². The molecule has 120 valence electrons. The Morgan fingerprint density at radius 2 is 2.05 bits per heavy atom. The van der Waals surface area contributed by atoms with Crippen LogP contribution in [0.15, 0.2) is 29.0 Å². The summed E-state index contributed by atoms with van der Waals surface area (Å²) in [5.41, 5.74) is 1.25.